The Morgan fingerprint density at radius 3 is 2.66 bits per heavy atom. The van der Waals surface area contributed by atoms with Crippen molar-refractivity contribution in [2.24, 2.45) is 0 Å². The summed E-state index contributed by atoms with van der Waals surface area (Å²) in [7, 11) is 0. The van der Waals surface area contributed by atoms with Crippen LogP contribution in [0.15, 0.2) is 54.7 Å². The van der Waals surface area contributed by atoms with Crippen LogP contribution in [0.4, 0.5) is 17.5 Å². The Morgan fingerprint density at radius 2 is 1.90 bits per heavy atom. The number of para-hydroxylation sites is 1. The fraction of sp³-hybridized carbons (Fsp3) is 0.150. The number of carbonyl (C=O) groups is 1. The zero-order valence-corrected chi connectivity index (χ0v) is 15.3. The Labute approximate surface area is 166 Å². The fourth-order valence-corrected chi connectivity index (χ4v) is 3.05. The molecule has 0 spiro atoms. The number of carbonyl (C=O) groups excluding carboxylic acids is 1. The molecule has 3 aromatic rings. The predicted octanol–water partition coefficient (Wildman–Crippen LogP) is 1.89. The van der Waals surface area contributed by atoms with Crippen molar-refractivity contribution in [2.75, 3.05) is 22.1 Å². The van der Waals surface area contributed by atoms with E-state index in [-0.39, 0.29) is 22.9 Å². The fourth-order valence-electron chi connectivity index (χ4n) is 3.05. The summed E-state index contributed by atoms with van der Waals surface area (Å²) in [5.74, 6) is -0.198. The molecule has 4 rings (SSSR count). The number of nitrogens with zero attached hydrogens (tertiary/aromatic N) is 3. The van der Waals surface area contributed by atoms with E-state index in [0.29, 0.717) is 24.6 Å². The van der Waals surface area contributed by atoms with Gasteiger partial charge in [0.25, 0.3) is 5.91 Å². The third kappa shape index (κ3) is 3.76. The Balaban J connectivity index is 1.46. The number of rotatable bonds is 5. The van der Waals surface area contributed by atoms with Gasteiger partial charge in [-0.25, -0.2) is 4.98 Å². The highest BCUT2D eigenvalue weighted by Gasteiger charge is 2.33. The molecular weight excluding hydrogens is 374 g/mol. The SMILES string of the molecule is O=C1c2cnc(NCCc3ccc(O)c(O)c3)nc2NC(O)N1c1ccccc1. The molecule has 1 amide bonds. The van der Waals surface area contributed by atoms with E-state index in [1.807, 2.05) is 6.07 Å². The van der Waals surface area contributed by atoms with Gasteiger partial charge in [-0.05, 0) is 36.2 Å². The maximum atomic E-state index is 12.8. The van der Waals surface area contributed by atoms with E-state index in [0.717, 1.165) is 5.56 Å². The Kier molecular flexibility index (Phi) is 4.88. The number of aliphatic hydroxyl groups excluding tert-OH is 1. The van der Waals surface area contributed by atoms with Gasteiger partial charge in [0, 0.05) is 18.4 Å². The van der Waals surface area contributed by atoms with Gasteiger partial charge in [0.2, 0.25) is 12.3 Å². The minimum absolute atomic E-state index is 0.168. The number of hydrogen-bond donors (Lipinski definition) is 5. The lowest BCUT2D eigenvalue weighted by Gasteiger charge is -2.33. The number of aromatic hydroxyl groups is 2. The van der Waals surface area contributed by atoms with E-state index in [4.69, 9.17) is 0 Å². The third-order valence-corrected chi connectivity index (χ3v) is 4.52. The molecular formula is C20H19N5O4. The van der Waals surface area contributed by atoms with Crippen molar-refractivity contribution in [1.82, 2.24) is 9.97 Å². The largest absolute Gasteiger partial charge is 0.504 e. The van der Waals surface area contributed by atoms with Crippen molar-refractivity contribution in [3.05, 3.63) is 65.9 Å². The van der Waals surface area contributed by atoms with Crippen molar-refractivity contribution in [3.63, 3.8) is 0 Å². The standard InChI is InChI=1S/C20H19N5O4/c26-15-7-6-12(10-16(15)27)8-9-21-19-22-11-14-17(23-19)24-20(29)25(18(14)28)13-4-2-1-3-5-13/h1-7,10-11,20,26-27,29H,8-9H2,(H2,21,22,23,24). The summed E-state index contributed by atoms with van der Waals surface area (Å²) < 4.78 is 0. The van der Waals surface area contributed by atoms with Crippen LogP contribution in [-0.4, -0.2) is 44.1 Å². The number of hydrogen-bond acceptors (Lipinski definition) is 8. The first-order valence-electron chi connectivity index (χ1n) is 8.98. The Bertz CT molecular complexity index is 1040. The molecule has 2 aromatic carbocycles. The van der Waals surface area contributed by atoms with E-state index in [1.165, 1.54) is 23.2 Å². The summed E-state index contributed by atoms with van der Waals surface area (Å²) in [5, 5.41) is 35.1. The summed E-state index contributed by atoms with van der Waals surface area (Å²) >= 11 is 0. The van der Waals surface area contributed by atoms with Crippen LogP contribution in [0.5, 0.6) is 11.5 Å². The minimum Gasteiger partial charge on any atom is -0.504 e. The lowest BCUT2D eigenvalue weighted by Crippen LogP contribution is -2.49. The maximum Gasteiger partial charge on any atom is 0.267 e. The number of phenolic OH excluding ortho intramolecular Hbond substituents is 2. The molecule has 29 heavy (non-hydrogen) atoms. The van der Waals surface area contributed by atoms with Crippen LogP contribution in [-0.2, 0) is 6.42 Å². The molecule has 1 aliphatic heterocycles. The first kappa shape index (κ1) is 18.5. The smallest absolute Gasteiger partial charge is 0.267 e. The quantitative estimate of drug-likeness (QED) is 0.416. The Hall–Kier alpha value is -3.85. The van der Waals surface area contributed by atoms with Crippen LogP contribution in [0, 0.1) is 0 Å². The molecule has 148 valence electrons. The molecule has 1 aromatic heterocycles. The molecule has 5 N–H and O–H groups in total. The first-order chi connectivity index (χ1) is 14.0. The molecule has 0 aliphatic carbocycles. The van der Waals surface area contributed by atoms with E-state index < -0.39 is 12.3 Å². The monoisotopic (exact) mass is 393 g/mol. The number of phenols is 2. The summed E-state index contributed by atoms with van der Waals surface area (Å²) in [5.41, 5.74) is 1.64. The molecule has 2 heterocycles. The molecule has 9 heteroatoms. The average molecular weight is 393 g/mol. The predicted molar refractivity (Wildman–Crippen MR) is 107 cm³/mol. The highest BCUT2D eigenvalue weighted by atomic mass is 16.3. The number of benzene rings is 2. The molecule has 1 atom stereocenters. The molecule has 0 radical (unpaired) electrons. The van der Waals surface area contributed by atoms with Crippen LogP contribution in [0.3, 0.4) is 0 Å². The summed E-state index contributed by atoms with van der Waals surface area (Å²) in [6, 6.07) is 13.5. The molecule has 9 nitrogen and oxygen atoms in total. The number of aliphatic hydroxyl groups is 1. The second kappa shape index (κ2) is 7.64. The van der Waals surface area contributed by atoms with Crippen LogP contribution in [0.1, 0.15) is 15.9 Å². The molecule has 0 saturated heterocycles. The van der Waals surface area contributed by atoms with Gasteiger partial charge in [-0.1, -0.05) is 24.3 Å². The zero-order valence-electron chi connectivity index (χ0n) is 15.3. The minimum atomic E-state index is -1.25. The van der Waals surface area contributed by atoms with Crippen LogP contribution < -0.4 is 15.5 Å². The Morgan fingerprint density at radius 1 is 1.10 bits per heavy atom. The first-order valence-corrected chi connectivity index (χ1v) is 8.98. The lowest BCUT2D eigenvalue weighted by molar-refractivity contribution is 0.0899. The lowest BCUT2D eigenvalue weighted by atomic mass is 10.1. The van der Waals surface area contributed by atoms with Crippen molar-refractivity contribution in [1.29, 1.82) is 0 Å². The van der Waals surface area contributed by atoms with Crippen molar-refractivity contribution in [2.45, 2.75) is 12.8 Å². The van der Waals surface area contributed by atoms with E-state index in [9.17, 15) is 20.1 Å². The van der Waals surface area contributed by atoms with Gasteiger partial charge in [-0.3, -0.25) is 9.69 Å². The van der Waals surface area contributed by atoms with Gasteiger partial charge in [0.1, 0.15) is 11.4 Å². The van der Waals surface area contributed by atoms with Gasteiger partial charge in [0.05, 0.1) is 0 Å². The number of amides is 1. The number of anilines is 3. The van der Waals surface area contributed by atoms with Crippen LogP contribution in [0.25, 0.3) is 0 Å². The zero-order chi connectivity index (χ0) is 20.4. The number of aromatic nitrogens is 2. The normalized spacial score (nSPS) is 15.6. The summed E-state index contributed by atoms with van der Waals surface area (Å²) in [4.78, 5) is 22.5. The van der Waals surface area contributed by atoms with Gasteiger partial charge in [-0.15, -0.1) is 0 Å². The summed E-state index contributed by atoms with van der Waals surface area (Å²) in [6.07, 6.45) is 0.722. The molecule has 0 fully saturated rings. The van der Waals surface area contributed by atoms with Crippen molar-refractivity contribution < 1.29 is 20.1 Å². The molecule has 0 saturated carbocycles. The number of fused-ring (bicyclic) bond motifs is 1. The van der Waals surface area contributed by atoms with E-state index in [1.54, 1.807) is 30.3 Å². The van der Waals surface area contributed by atoms with Gasteiger partial charge < -0.3 is 26.0 Å². The molecule has 1 aliphatic rings. The van der Waals surface area contributed by atoms with Gasteiger partial charge in [-0.2, -0.15) is 4.98 Å². The topological polar surface area (TPSA) is 131 Å². The van der Waals surface area contributed by atoms with E-state index in [2.05, 4.69) is 20.6 Å². The van der Waals surface area contributed by atoms with Crippen LogP contribution in [0.2, 0.25) is 0 Å². The van der Waals surface area contributed by atoms with E-state index >= 15 is 0 Å². The summed E-state index contributed by atoms with van der Waals surface area (Å²) in [6.45, 7) is 0.468. The second-order valence-corrected chi connectivity index (χ2v) is 6.48. The number of nitrogens with one attached hydrogen (secondary N) is 2. The van der Waals surface area contributed by atoms with Gasteiger partial charge >= 0.3 is 0 Å². The average Bonchev–Trinajstić information content (AvgIpc) is 2.71. The van der Waals surface area contributed by atoms with Gasteiger partial charge in [0.15, 0.2) is 11.5 Å². The van der Waals surface area contributed by atoms with Crippen LogP contribution >= 0.6 is 0 Å². The highest BCUT2D eigenvalue weighted by Crippen LogP contribution is 2.28. The van der Waals surface area contributed by atoms with Crippen molar-refractivity contribution in [3.8, 4) is 11.5 Å². The highest BCUT2D eigenvalue weighted by molar-refractivity contribution is 6.11. The molecule has 0 bridgehead atoms. The van der Waals surface area contributed by atoms with Crippen molar-refractivity contribution >= 4 is 23.4 Å². The molecule has 1 unspecified atom stereocenters. The maximum absolute atomic E-state index is 12.8. The third-order valence-electron chi connectivity index (χ3n) is 4.52. The second-order valence-electron chi connectivity index (χ2n) is 6.48.